The molecule has 1 atom stereocenters. The molecular formula is C10H13NO6S2. The minimum Gasteiger partial charge on any atom is -0.272 e. The summed E-state index contributed by atoms with van der Waals surface area (Å²) in [6.07, 6.45) is 0.858. The number of hydrogen-bond acceptors (Lipinski definition) is 5. The number of benzene rings is 1. The Bertz CT molecular complexity index is 600. The minimum atomic E-state index is -5.31. The van der Waals surface area contributed by atoms with E-state index in [0.717, 1.165) is 6.42 Å². The van der Waals surface area contributed by atoms with Crippen molar-refractivity contribution in [3.63, 3.8) is 0 Å². The Labute approximate surface area is 111 Å². The van der Waals surface area contributed by atoms with E-state index in [4.69, 9.17) is 14.4 Å². The Morgan fingerprint density at radius 1 is 1.11 bits per heavy atom. The fraction of sp³-hybridized carbons (Fsp3) is 0.300. The van der Waals surface area contributed by atoms with E-state index in [9.17, 15) is 16.8 Å². The Morgan fingerprint density at radius 2 is 1.53 bits per heavy atom. The van der Waals surface area contributed by atoms with E-state index in [0.29, 0.717) is 0 Å². The Balaban J connectivity index is 0.000000362. The molecule has 0 aliphatic heterocycles. The van der Waals surface area contributed by atoms with Crippen LogP contribution in [0.4, 0.5) is 0 Å². The van der Waals surface area contributed by atoms with Gasteiger partial charge in [0, 0.05) is 5.92 Å². The van der Waals surface area contributed by atoms with Crippen molar-refractivity contribution in [1.82, 2.24) is 0 Å². The molecule has 0 saturated carbocycles. The van der Waals surface area contributed by atoms with E-state index < -0.39 is 18.3 Å². The highest BCUT2D eigenvalue weighted by atomic mass is 33.2. The van der Waals surface area contributed by atoms with Gasteiger partial charge >= 0.3 is 18.3 Å². The third-order valence-electron chi connectivity index (χ3n) is 1.87. The topological polar surface area (TPSA) is 133 Å². The van der Waals surface area contributed by atoms with E-state index in [1.807, 2.05) is 37.3 Å². The van der Waals surface area contributed by atoms with Gasteiger partial charge in [-0.3, -0.25) is 9.11 Å². The summed E-state index contributed by atoms with van der Waals surface area (Å²) in [5, 5.41) is 8.55. The zero-order valence-corrected chi connectivity index (χ0v) is 11.6. The van der Waals surface area contributed by atoms with Crippen molar-refractivity contribution >= 4 is 18.3 Å². The largest absolute Gasteiger partial charge is 0.397 e. The molecule has 2 N–H and O–H groups in total. The van der Waals surface area contributed by atoms with Crippen LogP contribution in [0.15, 0.2) is 30.3 Å². The molecule has 0 fully saturated rings. The summed E-state index contributed by atoms with van der Waals surface area (Å²) >= 11 is 0. The molecule has 0 saturated heterocycles. The Morgan fingerprint density at radius 3 is 1.84 bits per heavy atom. The molecule has 0 aliphatic carbocycles. The molecule has 0 bridgehead atoms. The van der Waals surface area contributed by atoms with Crippen molar-refractivity contribution in [3.8, 4) is 6.07 Å². The van der Waals surface area contributed by atoms with E-state index in [-0.39, 0.29) is 5.92 Å². The van der Waals surface area contributed by atoms with Crippen molar-refractivity contribution in [2.24, 2.45) is 5.92 Å². The van der Waals surface area contributed by atoms with Crippen LogP contribution in [0.3, 0.4) is 0 Å². The zero-order chi connectivity index (χ0) is 15.1. The molecule has 0 spiro atoms. The smallest absolute Gasteiger partial charge is 0.272 e. The summed E-state index contributed by atoms with van der Waals surface area (Å²) in [4.78, 5) is 0. The Kier molecular flexibility index (Phi) is 6.64. The highest BCUT2D eigenvalue weighted by Gasteiger charge is 2.22. The van der Waals surface area contributed by atoms with E-state index in [1.54, 1.807) is 0 Å². The molecule has 0 heterocycles. The average Bonchev–Trinajstić information content (AvgIpc) is 2.28. The standard InChI is InChI=1S/C10H11N.H2O6S2/c1-9(8-11)7-10-5-3-2-4-6-10;1-7(2,3)8(4,5)6/h2-6,9H,7H2,1H3;(H,1,2,3)(H,4,5,6). The number of nitrogens with zero attached hydrogens (tertiary/aromatic N) is 1. The van der Waals surface area contributed by atoms with Crippen molar-refractivity contribution in [2.45, 2.75) is 13.3 Å². The summed E-state index contributed by atoms with van der Waals surface area (Å²) < 4.78 is 52.5. The van der Waals surface area contributed by atoms with Crippen LogP contribution in [-0.2, 0) is 24.7 Å². The first kappa shape index (κ1) is 17.5. The zero-order valence-electron chi connectivity index (χ0n) is 9.96. The maximum absolute atomic E-state index is 9.37. The molecule has 1 aromatic carbocycles. The predicted molar refractivity (Wildman–Crippen MR) is 68.0 cm³/mol. The lowest BCUT2D eigenvalue weighted by atomic mass is 10.0. The molecule has 0 radical (unpaired) electrons. The van der Waals surface area contributed by atoms with Crippen molar-refractivity contribution in [2.75, 3.05) is 0 Å². The fourth-order valence-corrected chi connectivity index (χ4v) is 1.01. The van der Waals surface area contributed by atoms with Gasteiger partial charge in [0.25, 0.3) is 0 Å². The van der Waals surface area contributed by atoms with Gasteiger partial charge in [-0.1, -0.05) is 30.3 Å². The third-order valence-corrected chi connectivity index (χ3v) is 4.00. The van der Waals surface area contributed by atoms with Gasteiger partial charge in [0.1, 0.15) is 0 Å². The van der Waals surface area contributed by atoms with Gasteiger partial charge < -0.3 is 0 Å². The van der Waals surface area contributed by atoms with Gasteiger partial charge in [-0.05, 0) is 18.9 Å². The first-order valence-electron chi connectivity index (χ1n) is 4.96. The van der Waals surface area contributed by atoms with Gasteiger partial charge in [0.15, 0.2) is 0 Å². The van der Waals surface area contributed by atoms with Crippen LogP contribution < -0.4 is 0 Å². The number of nitriles is 1. The lowest BCUT2D eigenvalue weighted by Crippen LogP contribution is -2.11. The summed E-state index contributed by atoms with van der Waals surface area (Å²) in [5.74, 6) is 0.123. The number of hydrogen-bond donors (Lipinski definition) is 2. The van der Waals surface area contributed by atoms with Crippen molar-refractivity contribution in [1.29, 1.82) is 5.26 Å². The molecule has 1 aromatic rings. The van der Waals surface area contributed by atoms with E-state index >= 15 is 0 Å². The summed E-state index contributed by atoms with van der Waals surface area (Å²) in [7, 11) is -10.6. The normalized spacial score (nSPS) is 12.7. The second-order valence-electron chi connectivity index (χ2n) is 3.58. The molecule has 7 nitrogen and oxygen atoms in total. The summed E-state index contributed by atoms with van der Waals surface area (Å²) in [5.41, 5.74) is 1.24. The second kappa shape index (κ2) is 7.20. The quantitative estimate of drug-likeness (QED) is 0.630. The first-order chi connectivity index (χ1) is 8.58. The van der Waals surface area contributed by atoms with Gasteiger partial charge in [-0.25, -0.2) is 0 Å². The molecule has 19 heavy (non-hydrogen) atoms. The van der Waals surface area contributed by atoms with Gasteiger partial charge in [-0.15, -0.1) is 0 Å². The molecule has 0 aliphatic rings. The van der Waals surface area contributed by atoms with Crippen LogP contribution in [0, 0.1) is 17.2 Å². The van der Waals surface area contributed by atoms with Crippen LogP contribution in [0.25, 0.3) is 0 Å². The monoisotopic (exact) mass is 307 g/mol. The maximum Gasteiger partial charge on any atom is 0.397 e. The lowest BCUT2D eigenvalue weighted by Gasteiger charge is -2.00. The second-order valence-corrected chi connectivity index (χ2v) is 7.81. The fourth-order valence-electron chi connectivity index (χ4n) is 1.01. The van der Waals surface area contributed by atoms with Crippen molar-refractivity contribution in [3.05, 3.63) is 35.9 Å². The van der Waals surface area contributed by atoms with Gasteiger partial charge in [0.2, 0.25) is 0 Å². The first-order valence-corrected chi connectivity index (χ1v) is 8.36. The van der Waals surface area contributed by atoms with Crippen LogP contribution in [0.2, 0.25) is 0 Å². The molecule has 106 valence electrons. The molecular weight excluding hydrogens is 294 g/mol. The van der Waals surface area contributed by atoms with Gasteiger partial charge in [-0.2, -0.15) is 22.1 Å². The third kappa shape index (κ3) is 7.53. The van der Waals surface area contributed by atoms with Crippen LogP contribution in [0.5, 0.6) is 0 Å². The van der Waals surface area contributed by atoms with Gasteiger partial charge in [0.05, 0.1) is 6.07 Å². The highest BCUT2D eigenvalue weighted by molar-refractivity contribution is 8.62. The SMILES string of the molecule is CC(C#N)Cc1ccccc1.O=S(=O)(O)S(=O)(=O)O. The average molecular weight is 307 g/mol. The molecule has 0 amide bonds. The maximum atomic E-state index is 9.37. The summed E-state index contributed by atoms with van der Waals surface area (Å²) in [6.45, 7) is 1.94. The minimum absolute atomic E-state index is 0.123. The molecule has 9 heteroatoms. The number of rotatable bonds is 3. The van der Waals surface area contributed by atoms with Crippen LogP contribution in [0.1, 0.15) is 12.5 Å². The van der Waals surface area contributed by atoms with Crippen LogP contribution in [-0.4, -0.2) is 25.9 Å². The lowest BCUT2D eigenvalue weighted by molar-refractivity contribution is 0.460. The predicted octanol–water partition coefficient (Wildman–Crippen LogP) is 1.07. The molecule has 1 unspecified atom stereocenters. The highest BCUT2D eigenvalue weighted by Crippen LogP contribution is 2.06. The Hall–Kier alpha value is -1.47. The van der Waals surface area contributed by atoms with E-state index in [1.165, 1.54) is 5.56 Å². The van der Waals surface area contributed by atoms with E-state index in [2.05, 4.69) is 6.07 Å². The van der Waals surface area contributed by atoms with Crippen LogP contribution >= 0.6 is 0 Å². The molecule has 0 aromatic heterocycles. The van der Waals surface area contributed by atoms with Crippen molar-refractivity contribution < 1.29 is 25.9 Å². The summed E-state index contributed by atoms with van der Waals surface area (Å²) in [6, 6.07) is 12.3. The molecule has 1 rings (SSSR count).